The van der Waals surface area contributed by atoms with E-state index in [-0.39, 0.29) is 10.9 Å². The highest BCUT2D eigenvalue weighted by Gasteiger charge is 2.33. The second-order valence-corrected chi connectivity index (χ2v) is 10.0. The second kappa shape index (κ2) is 7.31. The number of imidazole rings is 1. The zero-order valence-electron chi connectivity index (χ0n) is 17.3. The Labute approximate surface area is 175 Å². The maximum absolute atomic E-state index is 12.9. The van der Waals surface area contributed by atoms with E-state index in [4.69, 9.17) is 5.10 Å². The Morgan fingerprint density at radius 2 is 1.77 bits per heavy atom. The minimum atomic E-state index is -3.58. The SMILES string of the molecule is Cc1nc(S(=O)(=O)N2CCC(c3nnc4ccc(N5CCCC5)nn34)CC2)cn1C. The predicted octanol–water partition coefficient (Wildman–Crippen LogP) is 1.33. The molecule has 0 radical (unpaired) electrons. The maximum atomic E-state index is 12.9. The van der Waals surface area contributed by atoms with Gasteiger partial charge in [-0.05, 0) is 44.7 Å². The number of sulfonamides is 1. The van der Waals surface area contributed by atoms with Crippen LogP contribution in [-0.4, -0.2) is 68.3 Å². The van der Waals surface area contributed by atoms with Gasteiger partial charge in [0, 0.05) is 45.3 Å². The molecule has 10 nitrogen and oxygen atoms in total. The molecule has 11 heteroatoms. The molecule has 0 N–H and O–H groups in total. The lowest BCUT2D eigenvalue weighted by Gasteiger charge is -2.29. The number of anilines is 1. The van der Waals surface area contributed by atoms with Crippen LogP contribution in [0.3, 0.4) is 0 Å². The summed E-state index contributed by atoms with van der Waals surface area (Å²) in [6.07, 6.45) is 5.32. The van der Waals surface area contributed by atoms with Crippen LogP contribution in [0.5, 0.6) is 0 Å². The molecule has 0 aromatic carbocycles. The molecule has 0 bridgehead atoms. The van der Waals surface area contributed by atoms with E-state index < -0.39 is 10.0 Å². The lowest BCUT2D eigenvalue weighted by molar-refractivity contribution is 0.310. The third kappa shape index (κ3) is 3.25. The summed E-state index contributed by atoms with van der Waals surface area (Å²) in [6, 6.07) is 3.96. The number of aromatic nitrogens is 6. The van der Waals surface area contributed by atoms with Crippen LogP contribution < -0.4 is 4.90 Å². The third-order valence-corrected chi connectivity index (χ3v) is 7.98. The van der Waals surface area contributed by atoms with Crippen molar-refractivity contribution in [2.75, 3.05) is 31.1 Å². The van der Waals surface area contributed by atoms with E-state index in [0.717, 1.165) is 30.4 Å². The van der Waals surface area contributed by atoms with Crippen LogP contribution in [-0.2, 0) is 17.1 Å². The average molecular weight is 431 g/mol. The average Bonchev–Trinajstić information content (AvgIpc) is 3.48. The summed E-state index contributed by atoms with van der Waals surface area (Å²) in [5, 5.41) is 13.6. The van der Waals surface area contributed by atoms with Crippen molar-refractivity contribution in [2.45, 2.75) is 43.6 Å². The van der Waals surface area contributed by atoms with Crippen LogP contribution in [0.2, 0.25) is 0 Å². The largest absolute Gasteiger partial charge is 0.355 e. The number of nitrogens with zero attached hydrogens (tertiary/aromatic N) is 8. The van der Waals surface area contributed by atoms with Gasteiger partial charge in [-0.2, -0.15) is 8.82 Å². The van der Waals surface area contributed by atoms with Crippen molar-refractivity contribution in [3.05, 3.63) is 30.0 Å². The summed E-state index contributed by atoms with van der Waals surface area (Å²) in [7, 11) is -1.78. The van der Waals surface area contributed by atoms with Crippen molar-refractivity contribution in [1.82, 2.24) is 33.7 Å². The number of aryl methyl sites for hydroxylation is 2. The number of piperidine rings is 1. The molecule has 0 amide bonds. The molecule has 2 aliphatic rings. The Bertz CT molecular complexity index is 1150. The fourth-order valence-corrected chi connectivity index (χ4v) is 5.80. The van der Waals surface area contributed by atoms with Crippen molar-refractivity contribution < 1.29 is 8.42 Å². The van der Waals surface area contributed by atoms with Gasteiger partial charge in [0.25, 0.3) is 10.0 Å². The Hall–Kier alpha value is -2.53. The molecule has 0 unspecified atom stereocenters. The van der Waals surface area contributed by atoms with Crippen molar-refractivity contribution in [2.24, 2.45) is 7.05 Å². The zero-order chi connectivity index (χ0) is 20.9. The van der Waals surface area contributed by atoms with Crippen molar-refractivity contribution in [1.29, 1.82) is 0 Å². The summed E-state index contributed by atoms with van der Waals surface area (Å²) in [5.74, 6) is 2.57. The number of hydrogen-bond donors (Lipinski definition) is 0. The zero-order valence-corrected chi connectivity index (χ0v) is 18.1. The van der Waals surface area contributed by atoms with Gasteiger partial charge in [0.05, 0.1) is 0 Å². The normalized spacial score (nSPS) is 19.2. The van der Waals surface area contributed by atoms with Crippen LogP contribution in [0.25, 0.3) is 5.65 Å². The first-order valence-electron chi connectivity index (χ1n) is 10.4. The predicted molar refractivity (Wildman–Crippen MR) is 111 cm³/mol. The molecule has 2 aliphatic heterocycles. The quantitative estimate of drug-likeness (QED) is 0.615. The molecule has 0 saturated carbocycles. The third-order valence-electron chi connectivity index (χ3n) is 6.21. The summed E-state index contributed by atoms with van der Waals surface area (Å²) in [5.41, 5.74) is 0.729. The molecule has 0 aliphatic carbocycles. The first-order chi connectivity index (χ1) is 14.4. The minimum absolute atomic E-state index is 0.116. The van der Waals surface area contributed by atoms with Gasteiger partial charge in [0.1, 0.15) is 11.6 Å². The summed E-state index contributed by atoms with van der Waals surface area (Å²) < 4.78 is 31.0. The molecule has 0 atom stereocenters. The highest BCUT2D eigenvalue weighted by Crippen LogP contribution is 2.30. The molecule has 3 aromatic heterocycles. The molecule has 2 saturated heterocycles. The molecule has 160 valence electrons. The lowest BCUT2D eigenvalue weighted by atomic mass is 9.97. The van der Waals surface area contributed by atoms with Crippen molar-refractivity contribution in [3.63, 3.8) is 0 Å². The molecule has 5 rings (SSSR count). The maximum Gasteiger partial charge on any atom is 0.262 e. The molecule has 3 aromatic rings. The highest BCUT2D eigenvalue weighted by atomic mass is 32.2. The van der Waals surface area contributed by atoms with Gasteiger partial charge < -0.3 is 9.47 Å². The van der Waals surface area contributed by atoms with Crippen LogP contribution in [0.15, 0.2) is 23.4 Å². The smallest absolute Gasteiger partial charge is 0.262 e. The van der Waals surface area contributed by atoms with Gasteiger partial charge >= 0.3 is 0 Å². The van der Waals surface area contributed by atoms with Crippen LogP contribution >= 0.6 is 0 Å². The van der Waals surface area contributed by atoms with E-state index in [1.165, 1.54) is 17.1 Å². The van der Waals surface area contributed by atoms with E-state index in [0.29, 0.717) is 31.8 Å². The first kappa shape index (κ1) is 19.4. The monoisotopic (exact) mass is 430 g/mol. The molecule has 30 heavy (non-hydrogen) atoms. The highest BCUT2D eigenvalue weighted by molar-refractivity contribution is 7.89. The summed E-state index contributed by atoms with van der Waals surface area (Å²) in [4.78, 5) is 6.49. The van der Waals surface area contributed by atoms with Crippen LogP contribution in [0, 0.1) is 6.92 Å². The van der Waals surface area contributed by atoms with Crippen LogP contribution in [0.4, 0.5) is 5.82 Å². The van der Waals surface area contributed by atoms with Gasteiger partial charge in [0.2, 0.25) is 0 Å². The van der Waals surface area contributed by atoms with Crippen molar-refractivity contribution >= 4 is 21.5 Å². The Morgan fingerprint density at radius 1 is 1.03 bits per heavy atom. The Kier molecular flexibility index (Phi) is 4.73. The van der Waals surface area contributed by atoms with E-state index >= 15 is 0 Å². The van der Waals surface area contributed by atoms with Gasteiger partial charge in [-0.15, -0.1) is 15.3 Å². The minimum Gasteiger partial charge on any atom is -0.355 e. The molecular formula is C19H26N8O2S. The van der Waals surface area contributed by atoms with E-state index in [9.17, 15) is 8.42 Å². The van der Waals surface area contributed by atoms with Gasteiger partial charge in [-0.3, -0.25) is 0 Å². The lowest BCUT2D eigenvalue weighted by Crippen LogP contribution is -2.38. The van der Waals surface area contributed by atoms with E-state index in [1.54, 1.807) is 24.7 Å². The number of hydrogen-bond acceptors (Lipinski definition) is 7. The summed E-state index contributed by atoms with van der Waals surface area (Å²) >= 11 is 0. The van der Waals surface area contributed by atoms with Gasteiger partial charge in [-0.25, -0.2) is 13.4 Å². The van der Waals surface area contributed by atoms with E-state index in [1.807, 2.05) is 16.6 Å². The molecule has 2 fully saturated rings. The van der Waals surface area contributed by atoms with Gasteiger partial charge in [-0.1, -0.05) is 0 Å². The Morgan fingerprint density at radius 3 is 2.43 bits per heavy atom. The van der Waals surface area contributed by atoms with Crippen LogP contribution in [0.1, 0.15) is 43.3 Å². The second-order valence-electron chi connectivity index (χ2n) is 8.13. The van der Waals surface area contributed by atoms with Crippen molar-refractivity contribution in [3.8, 4) is 0 Å². The first-order valence-corrected chi connectivity index (χ1v) is 11.8. The summed E-state index contributed by atoms with van der Waals surface area (Å²) in [6.45, 7) is 4.72. The Balaban J connectivity index is 1.35. The van der Waals surface area contributed by atoms with E-state index in [2.05, 4.69) is 20.1 Å². The standard InChI is InChI=1S/C19H26N8O2S/c1-14-20-18(13-24(14)2)30(28,29)26-11-7-15(8-12-26)19-22-21-16-5-6-17(23-27(16)19)25-9-3-4-10-25/h5-6,13,15H,3-4,7-12H2,1-2H3. The fourth-order valence-electron chi connectivity index (χ4n) is 4.30. The number of fused-ring (bicyclic) bond motifs is 1. The molecule has 0 spiro atoms. The molecule has 5 heterocycles. The molecular weight excluding hydrogens is 404 g/mol. The van der Waals surface area contributed by atoms with Gasteiger partial charge in [0.15, 0.2) is 16.5 Å². The fraction of sp³-hybridized carbons (Fsp3) is 0.579. The topological polar surface area (TPSA) is 102 Å². The number of rotatable bonds is 4.